The molecule has 1 aliphatic heterocycles. The lowest BCUT2D eigenvalue weighted by Gasteiger charge is -2.22. The van der Waals surface area contributed by atoms with E-state index in [2.05, 4.69) is 0 Å². The highest BCUT2D eigenvalue weighted by Gasteiger charge is 2.20. The lowest BCUT2D eigenvalue weighted by atomic mass is 10.1. The van der Waals surface area contributed by atoms with Gasteiger partial charge in [0.1, 0.15) is 6.61 Å². The third kappa shape index (κ3) is 4.43. The van der Waals surface area contributed by atoms with Crippen LogP contribution < -0.4 is 0 Å². The summed E-state index contributed by atoms with van der Waals surface area (Å²) >= 11 is 5.94. The SMILES string of the molecule is CS(=O)(=O)c1ccc(Cl)c(C(=O)OCC2CCCCO2)c1. The van der Waals surface area contributed by atoms with Crippen molar-refractivity contribution in [2.75, 3.05) is 19.5 Å². The highest BCUT2D eigenvalue weighted by molar-refractivity contribution is 7.90. The van der Waals surface area contributed by atoms with Crippen LogP contribution in [0.3, 0.4) is 0 Å². The van der Waals surface area contributed by atoms with Gasteiger partial charge < -0.3 is 9.47 Å². The van der Waals surface area contributed by atoms with Crippen molar-refractivity contribution in [1.29, 1.82) is 0 Å². The molecule has 0 N–H and O–H groups in total. The van der Waals surface area contributed by atoms with Gasteiger partial charge in [0.15, 0.2) is 9.84 Å². The monoisotopic (exact) mass is 332 g/mol. The fraction of sp³-hybridized carbons (Fsp3) is 0.500. The summed E-state index contributed by atoms with van der Waals surface area (Å²) < 4.78 is 33.7. The first-order valence-corrected chi connectivity index (χ1v) is 8.93. The first kappa shape index (κ1) is 16.3. The minimum absolute atomic E-state index is 0.0350. The van der Waals surface area contributed by atoms with Gasteiger partial charge in [-0.3, -0.25) is 0 Å². The Kier molecular flexibility index (Phi) is 5.24. The Morgan fingerprint density at radius 1 is 1.43 bits per heavy atom. The molecule has 0 amide bonds. The Hall–Kier alpha value is -1.11. The minimum Gasteiger partial charge on any atom is -0.459 e. The quantitative estimate of drug-likeness (QED) is 0.792. The molecule has 1 fully saturated rings. The molecule has 21 heavy (non-hydrogen) atoms. The largest absolute Gasteiger partial charge is 0.459 e. The van der Waals surface area contributed by atoms with E-state index in [-0.39, 0.29) is 28.2 Å². The Balaban J connectivity index is 2.07. The summed E-state index contributed by atoms with van der Waals surface area (Å²) in [5, 5.41) is 0.164. The predicted molar refractivity (Wildman–Crippen MR) is 78.4 cm³/mol. The molecule has 0 saturated carbocycles. The Morgan fingerprint density at radius 3 is 2.81 bits per heavy atom. The Labute approximate surface area is 129 Å². The topological polar surface area (TPSA) is 69.7 Å². The van der Waals surface area contributed by atoms with Crippen LogP contribution in [0.5, 0.6) is 0 Å². The smallest absolute Gasteiger partial charge is 0.339 e. The predicted octanol–water partition coefficient (Wildman–Crippen LogP) is 2.47. The number of esters is 1. The molecule has 1 saturated heterocycles. The standard InChI is InChI=1S/C14H17ClO5S/c1-21(17,18)11-5-6-13(15)12(8-11)14(16)20-9-10-4-2-3-7-19-10/h5-6,8,10H,2-4,7,9H2,1H3. The van der Waals surface area contributed by atoms with Crippen LogP contribution in [0.1, 0.15) is 29.6 Å². The van der Waals surface area contributed by atoms with Gasteiger partial charge in [0, 0.05) is 12.9 Å². The highest BCUT2D eigenvalue weighted by Crippen LogP contribution is 2.22. The number of halogens is 1. The van der Waals surface area contributed by atoms with Gasteiger partial charge in [-0.1, -0.05) is 11.6 Å². The molecular weight excluding hydrogens is 316 g/mol. The van der Waals surface area contributed by atoms with Gasteiger partial charge in [0.2, 0.25) is 0 Å². The van der Waals surface area contributed by atoms with Crippen LogP contribution in [0.2, 0.25) is 5.02 Å². The van der Waals surface area contributed by atoms with E-state index in [1.807, 2.05) is 0 Å². The second-order valence-electron chi connectivity index (χ2n) is 5.00. The van der Waals surface area contributed by atoms with Crippen LogP contribution in [0.15, 0.2) is 23.1 Å². The molecule has 2 rings (SSSR count). The number of carbonyl (C=O) groups is 1. The number of hydrogen-bond donors (Lipinski definition) is 0. The molecule has 1 aromatic carbocycles. The fourth-order valence-corrected chi connectivity index (χ4v) is 2.92. The fourth-order valence-electron chi connectivity index (χ4n) is 2.08. The maximum atomic E-state index is 12.0. The summed E-state index contributed by atoms with van der Waals surface area (Å²) in [7, 11) is -3.40. The summed E-state index contributed by atoms with van der Waals surface area (Å²) in [6.45, 7) is 0.824. The number of sulfone groups is 1. The summed E-state index contributed by atoms with van der Waals surface area (Å²) in [6, 6.07) is 3.98. The average molecular weight is 333 g/mol. The zero-order chi connectivity index (χ0) is 15.5. The lowest BCUT2D eigenvalue weighted by molar-refractivity contribution is -0.0300. The molecule has 0 aromatic heterocycles. The van der Waals surface area contributed by atoms with Crippen molar-refractivity contribution in [1.82, 2.24) is 0 Å². The number of carbonyl (C=O) groups excluding carboxylic acids is 1. The molecule has 1 aliphatic rings. The zero-order valence-corrected chi connectivity index (χ0v) is 13.2. The Morgan fingerprint density at radius 2 is 2.19 bits per heavy atom. The van der Waals surface area contributed by atoms with Crippen molar-refractivity contribution in [3.8, 4) is 0 Å². The van der Waals surface area contributed by atoms with E-state index < -0.39 is 15.8 Å². The second kappa shape index (κ2) is 6.77. The molecule has 116 valence electrons. The third-order valence-corrected chi connectivity index (χ3v) is 4.70. The molecule has 1 unspecified atom stereocenters. The van der Waals surface area contributed by atoms with Gasteiger partial charge in [0.05, 0.1) is 21.6 Å². The summed E-state index contributed by atoms with van der Waals surface area (Å²) in [5.74, 6) is -0.639. The van der Waals surface area contributed by atoms with E-state index in [9.17, 15) is 13.2 Å². The van der Waals surface area contributed by atoms with Gasteiger partial charge in [0.25, 0.3) is 0 Å². The minimum atomic E-state index is -3.40. The van der Waals surface area contributed by atoms with E-state index in [1.165, 1.54) is 18.2 Å². The first-order valence-electron chi connectivity index (χ1n) is 6.66. The van der Waals surface area contributed by atoms with Crippen molar-refractivity contribution in [2.45, 2.75) is 30.3 Å². The molecule has 1 aromatic rings. The van der Waals surface area contributed by atoms with Crippen molar-refractivity contribution in [3.63, 3.8) is 0 Å². The highest BCUT2D eigenvalue weighted by atomic mass is 35.5. The van der Waals surface area contributed by atoms with Gasteiger partial charge >= 0.3 is 5.97 Å². The number of rotatable bonds is 4. The maximum absolute atomic E-state index is 12.0. The van der Waals surface area contributed by atoms with Gasteiger partial charge in [-0.15, -0.1) is 0 Å². The van der Waals surface area contributed by atoms with Crippen LogP contribution in [0, 0.1) is 0 Å². The normalized spacial score (nSPS) is 19.2. The lowest BCUT2D eigenvalue weighted by Crippen LogP contribution is -2.26. The summed E-state index contributed by atoms with van der Waals surface area (Å²) in [4.78, 5) is 12.1. The molecule has 1 atom stereocenters. The molecule has 7 heteroatoms. The molecule has 0 spiro atoms. The molecule has 0 radical (unpaired) electrons. The van der Waals surface area contributed by atoms with Crippen LogP contribution in [0.4, 0.5) is 0 Å². The van der Waals surface area contributed by atoms with Crippen molar-refractivity contribution in [2.24, 2.45) is 0 Å². The van der Waals surface area contributed by atoms with Gasteiger partial charge in [-0.05, 0) is 37.5 Å². The molecule has 0 aliphatic carbocycles. The number of benzene rings is 1. The summed E-state index contributed by atoms with van der Waals surface area (Å²) in [5.41, 5.74) is 0.0513. The maximum Gasteiger partial charge on any atom is 0.339 e. The zero-order valence-electron chi connectivity index (χ0n) is 11.7. The number of hydrogen-bond acceptors (Lipinski definition) is 5. The van der Waals surface area contributed by atoms with Gasteiger partial charge in [-0.25, -0.2) is 13.2 Å². The van der Waals surface area contributed by atoms with E-state index in [0.29, 0.717) is 6.61 Å². The van der Waals surface area contributed by atoms with Gasteiger partial charge in [-0.2, -0.15) is 0 Å². The van der Waals surface area contributed by atoms with Crippen LogP contribution in [-0.4, -0.2) is 40.0 Å². The third-order valence-electron chi connectivity index (χ3n) is 3.26. The van der Waals surface area contributed by atoms with E-state index in [1.54, 1.807) is 0 Å². The van der Waals surface area contributed by atoms with E-state index >= 15 is 0 Å². The van der Waals surface area contributed by atoms with E-state index in [0.717, 1.165) is 25.5 Å². The number of ether oxygens (including phenoxy) is 2. The van der Waals surface area contributed by atoms with Crippen LogP contribution >= 0.6 is 11.6 Å². The Bertz CT molecular complexity index is 620. The average Bonchev–Trinajstić information content (AvgIpc) is 2.45. The molecular formula is C14H17ClO5S. The second-order valence-corrected chi connectivity index (χ2v) is 7.42. The molecule has 0 bridgehead atoms. The van der Waals surface area contributed by atoms with Crippen molar-refractivity contribution >= 4 is 27.4 Å². The van der Waals surface area contributed by atoms with Crippen LogP contribution in [0.25, 0.3) is 0 Å². The molecule has 5 nitrogen and oxygen atoms in total. The van der Waals surface area contributed by atoms with Crippen molar-refractivity contribution < 1.29 is 22.7 Å². The van der Waals surface area contributed by atoms with E-state index in [4.69, 9.17) is 21.1 Å². The van der Waals surface area contributed by atoms with Crippen LogP contribution in [-0.2, 0) is 19.3 Å². The summed E-state index contributed by atoms with van der Waals surface area (Å²) in [6.07, 6.45) is 3.89. The van der Waals surface area contributed by atoms with Crippen molar-refractivity contribution in [3.05, 3.63) is 28.8 Å². The molecule has 1 heterocycles. The first-order chi connectivity index (χ1) is 9.88.